The van der Waals surface area contributed by atoms with E-state index in [1.807, 2.05) is 36.1 Å². The molecule has 2 aromatic rings. The number of hydrogen-bond acceptors (Lipinski definition) is 2. The van der Waals surface area contributed by atoms with E-state index in [0.717, 1.165) is 16.5 Å². The summed E-state index contributed by atoms with van der Waals surface area (Å²) in [6.07, 6.45) is 1.84. The van der Waals surface area contributed by atoms with Crippen LogP contribution in [-0.2, 0) is 7.05 Å². The Bertz CT molecular complexity index is 514. The molecule has 0 aliphatic heterocycles. The third-order valence-electron chi connectivity index (χ3n) is 2.08. The molecule has 1 aromatic heterocycles. The molecule has 0 saturated carbocycles. The Balaban J connectivity index is 2.54. The highest BCUT2D eigenvalue weighted by atomic mass is 15.2. The first-order chi connectivity index (χ1) is 6.81. The fraction of sp³-hybridized carbons (Fsp3) is 0.182. The normalized spacial score (nSPS) is 9.86. The molecule has 14 heavy (non-hydrogen) atoms. The minimum absolute atomic E-state index is 0.392. The van der Waals surface area contributed by atoms with Crippen LogP contribution in [0.3, 0.4) is 0 Å². The van der Waals surface area contributed by atoms with E-state index in [2.05, 4.69) is 16.9 Å². The van der Waals surface area contributed by atoms with Crippen LogP contribution in [0.4, 0.5) is 0 Å². The van der Waals surface area contributed by atoms with E-state index in [9.17, 15) is 0 Å². The van der Waals surface area contributed by atoms with Gasteiger partial charge in [0.15, 0.2) is 0 Å². The monoisotopic (exact) mass is 185 g/mol. The first-order valence-electron chi connectivity index (χ1n) is 4.42. The van der Waals surface area contributed by atoms with Crippen LogP contribution in [0, 0.1) is 11.8 Å². The van der Waals surface area contributed by atoms with Gasteiger partial charge in [-0.2, -0.15) is 5.10 Å². The zero-order valence-corrected chi connectivity index (χ0v) is 7.99. The van der Waals surface area contributed by atoms with E-state index < -0.39 is 0 Å². The van der Waals surface area contributed by atoms with Gasteiger partial charge >= 0.3 is 0 Å². The Morgan fingerprint density at radius 1 is 1.50 bits per heavy atom. The average Bonchev–Trinajstić information content (AvgIpc) is 2.57. The van der Waals surface area contributed by atoms with Gasteiger partial charge in [-0.05, 0) is 18.2 Å². The third-order valence-corrected chi connectivity index (χ3v) is 2.08. The van der Waals surface area contributed by atoms with Gasteiger partial charge < -0.3 is 5.73 Å². The molecule has 3 nitrogen and oxygen atoms in total. The molecule has 70 valence electrons. The summed E-state index contributed by atoms with van der Waals surface area (Å²) in [4.78, 5) is 0. The van der Waals surface area contributed by atoms with Crippen molar-refractivity contribution in [2.24, 2.45) is 12.8 Å². The van der Waals surface area contributed by atoms with E-state index in [4.69, 9.17) is 5.73 Å². The number of aryl methyl sites for hydroxylation is 1. The predicted octanol–water partition coefficient (Wildman–Crippen LogP) is 0.883. The van der Waals surface area contributed by atoms with Gasteiger partial charge in [-0.15, -0.1) is 0 Å². The number of aromatic nitrogens is 2. The van der Waals surface area contributed by atoms with Crippen LogP contribution in [0.1, 0.15) is 5.56 Å². The molecular formula is C11H11N3. The molecule has 0 bridgehead atoms. The maximum atomic E-state index is 5.31. The number of fused-ring (bicyclic) bond motifs is 1. The van der Waals surface area contributed by atoms with Crippen molar-refractivity contribution in [3.05, 3.63) is 30.0 Å². The van der Waals surface area contributed by atoms with E-state index in [-0.39, 0.29) is 0 Å². The van der Waals surface area contributed by atoms with Gasteiger partial charge in [0.2, 0.25) is 0 Å². The molecule has 0 radical (unpaired) electrons. The van der Waals surface area contributed by atoms with Crippen molar-refractivity contribution >= 4 is 10.9 Å². The maximum Gasteiger partial charge on any atom is 0.0691 e. The van der Waals surface area contributed by atoms with E-state index in [1.165, 1.54) is 0 Å². The quantitative estimate of drug-likeness (QED) is 0.619. The Labute approximate surface area is 82.5 Å². The number of rotatable bonds is 0. The van der Waals surface area contributed by atoms with Crippen LogP contribution in [-0.4, -0.2) is 16.3 Å². The third kappa shape index (κ3) is 1.48. The fourth-order valence-corrected chi connectivity index (χ4v) is 1.37. The summed E-state index contributed by atoms with van der Waals surface area (Å²) in [6, 6.07) is 6.01. The minimum atomic E-state index is 0.392. The van der Waals surface area contributed by atoms with Crippen LogP contribution in [0.5, 0.6) is 0 Å². The van der Waals surface area contributed by atoms with Crippen molar-refractivity contribution in [2.75, 3.05) is 6.54 Å². The molecule has 0 unspecified atom stereocenters. The molecule has 0 fully saturated rings. The highest BCUT2D eigenvalue weighted by molar-refractivity contribution is 5.80. The van der Waals surface area contributed by atoms with Crippen molar-refractivity contribution in [1.29, 1.82) is 0 Å². The Morgan fingerprint density at radius 3 is 3.14 bits per heavy atom. The molecule has 0 spiro atoms. The molecule has 0 saturated heterocycles. The van der Waals surface area contributed by atoms with Crippen LogP contribution in [0.15, 0.2) is 24.4 Å². The van der Waals surface area contributed by atoms with Crippen molar-refractivity contribution in [1.82, 2.24) is 9.78 Å². The average molecular weight is 185 g/mol. The van der Waals surface area contributed by atoms with Gasteiger partial charge in [0.1, 0.15) is 0 Å². The SMILES string of the molecule is Cn1ncc2ccc(C#CCN)cc21. The van der Waals surface area contributed by atoms with Crippen molar-refractivity contribution in [3.8, 4) is 11.8 Å². The number of nitrogens with two attached hydrogens (primary N) is 1. The Kier molecular flexibility index (Phi) is 2.21. The highest BCUT2D eigenvalue weighted by Crippen LogP contribution is 2.13. The fourth-order valence-electron chi connectivity index (χ4n) is 1.37. The molecule has 3 heteroatoms. The van der Waals surface area contributed by atoms with Crippen LogP contribution >= 0.6 is 0 Å². The van der Waals surface area contributed by atoms with E-state index in [0.29, 0.717) is 6.54 Å². The summed E-state index contributed by atoms with van der Waals surface area (Å²) in [6.45, 7) is 0.392. The lowest BCUT2D eigenvalue weighted by Crippen LogP contribution is -1.93. The van der Waals surface area contributed by atoms with Gasteiger partial charge in [-0.3, -0.25) is 4.68 Å². The van der Waals surface area contributed by atoms with Gasteiger partial charge in [-0.25, -0.2) is 0 Å². The maximum absolute atomic E-state index is 5.31. The largest absolute Gasteiger partial charge is 0.320 e. The summed E-state index contributed by atoms with van der Waals surface area (Å²) < 4.78 is 1.84. The predicted molar refractivity (Wildman–Crippen MR) is 56.6 cm³/mol. The Hall–Kier alpha value is -1.79. The van der Waals surface area contributed by atoms with Crippen molar-refractivity contribution in [2.45, 2.75) is 0 Å². The van der Waals surface area contributed by atoms with Crippen LogP contribution in [0.2, 0.25) is 0 Å². The smallest absolute Gasteiger partial charge is 0.0691 e. The van der Waals surface area contributed by atoms with Crippen LogP contribution < -0.4 is 5.73 Å². The lowest BCUT2D eigenvalue weighted by molar-refractivity contribution is 0.797. The Morgan fingerprint density at radius 2 is 2.36 bits per heavy atom. The van der Waals surface area contributed by atoms with E-state index >= 15 is 0 Å². The molecule has 0 atom stereocenters. The molecule has 2 rings (SSSR count). The summed E-state index contributed by atoms with van der Waals surface area (Å²) >= 11 is 0. The first-order valence-corrected chi connectivity index (χ1v) is 4.42. The van der Waals surface area contributed by atoms with Crippen molar-refractivity contribution < 1.29 is 0 Å². The molecule has 1 heterocycles. The minimum Gasteiger partial charge on any atom is -0.320 e. The zero-order chi connectivity index (χ0) is 9.97. The van der Waals surface area contributed by atoms with Gasteiger partial charge in [-0.1, -0.05) is 11.8 Å². The topological polar surface area (TPSA) is 43.8 Å². The molecule has 0 aliphatic carbocycles. The van der Waals surface area contributed by atoms with Gasteiger partial charge in [0.05, 0.1) is 18.3 Å². The lowest BCUT2D eigenvalue weighted by Gasteiger charge is -1.94. The zero-order valence-electron chi connectivity index (χ0n) is 7.99. The molecule has 1 aromatic carbocycles. The van der Waals surface area contributed by atoms with E-state index in [1.54, 1.807) is 0 Å². The molecule has 2 N–H and O–H groups in total. The highest BCUT2D eigenvalue weighted by Gasteiger charge is 1.98. The number of hydrogen-bond donors (Lipinski definition) is 1. The second-order valence-electron chi connectivity index (χ2n) is 3.05. The van der Waals surface area contributed by atoms with Gasteiger partial charge in [0, 0.05) is 18.0 Å². The molecular weight excluding hydrogens is 174 g/mol. The molecule has 0 amide bonds. The standard InChI is InChI=1S/C11H11N3/c1-14-11-7-9(3-2-6-12)4-5-10(11)8-13-14/h4-5,7-8H,6,12H2,1H3. The van der Waals surface area contributed by atoms with Crippen LogP contribution in [0.25, 0.3) is 10.9 Å². The number of nitrogens with zero attached hydrogens (tertiary/aromatic N) is 2. The first kappa shape index (κ1) is 8.79. The summed E-state index contributed by atoms with van der Waals surface area (Å²) in [5.41, 5.74) is 7.38. The molecule has 0 aliphatic rings. The second-order valence-corrected chi connectivity index (χ2v) is 3.05. The van der Waals surface area contributed by atoms with Crippen molar-refractivity contribution in [3.63, 3.8) is 0 Å². The summed E-state index contributed by atoms with van der Waals surface area (Å²) in [5.74, 6) is 5.83. The second kappa shape index (κ2) is 3.52. The number of benzene rings is 1. The summed E-state index contributed by atoms with van der Waals surface area (Å²) in [5, 5.41) is 5.29. The summed E-state index contributed by atoms with van der Waals surface area (Å²) in [7, 11) is 1.92. The lowest BCUT2D eigenvalue weighted by atomic mass is 10.2. The van der Waals surface area contributed by atoms with Gasteiger partial charge in [0.25, 0.3) is 0 Å².